The van der Waals surface area contributed by atoms with Crippen LogP contribution in [0.1, 0.15) is 34.1 Å². The summed E-state index contributed by atoms with van der Waals surface area (Å²) in [5, 5.41) is 20.9. The second-order valence-corrected chi connectivity index (χ2v) is 4.71. The number of nitrogens with one attached hydrogen (secondary N) is 1. The topological polar surface area (TPSA) is 56.0 Å². The standard InChI is InChI=1S/C10H20N2O/c1-9(2,7-11)5-6-12-10(3,4)8-13/h12-13H,5-6,8H2,1-4H3. The van der Waals surface area contributed by atoms with Crippen molar-refractivity contribution in [3.63, 3.8) is 0 Å². The number of nitrogens with zero attached hydrogens (tertiary/aromatic N) is 1. The third-order valence-electron chi connectivity index (χ3n) is 2.05. The molecule has 0 amide bonds. The van der Waals surface area contributed by atoms with E-state index in [1.54, 1.807) is 0 Å². The minimum absolute atomic E-state index is 0.111. The summed E-state index contributed by atoms with van der Waals surface area (Å²) in [6.45, 7) is 8.58. The van der Waals surface area contributed by atoms with Crippen LogP contribution in [0.3, 0.4) is 0 Å². The predicted molar refractivity (Wildman–Crippen MR) is 53.2 cm³/mol. The Morgan fingerprint density at radius 1 is 1.31 bits per heavy atom. The lowest BCUT2D eigenvalue weighted by molar-refractivity contribution is 0.185. The van der Waals surface area contributed by atoms with E-state index in [-0.39, 0.29) is 17.6 Å². The van der Waals surface area contributed by atoms with Crippen molar-refractivity contribution in [1.29, 1.82) is 5.26 Å². The van der Waals surface area contributed by atoms with Crippen LogP contribution in [0.15, 0.2) is 0 Å². The van der Waals surface area contributed by atoms with Crippen LogP contribution in [-0.4, -0.2) is 23.8 Å². The number of nitriles is 1. The highest BCUT2D eigenvalue weighted by molar-refractivity contribution is 4.92. The van der Waals surface area contributed by atoms with Gasteiger partial charge in [0.05, 0.1) is 18.1 Å². The molecule has 3 nitrogen and oxygen atoms in total. The number of rotatable bonds is 5. The maximum Gasteiger partial charge on any atom is 0.0684 e. The molecule has 0 saturated heterocycles. The molecule has 13 heavy (non-hydrogen) atoms. The van der Waals surface area contributed by atoms with Crippen LogP contribution < -0.4 is 5.32 Å². The van der Waals surface area contributed by atoms with Crippen LogP contribution in [0.25, 0.3) is 0 Å². The molecule has 0 saturated carbocycles. The van der Waals surface area contributed by atoms with E-state index >= 15 is 0 Å². The summed E-state index contributed by atoms with van der Waals surface area (Å²) in [4.78, 5) is 0. The smallest absolute Gasteiger partial charge is 0.0684 e. The van der Waals surface area contributed by atoms with E-state index < -0.39 is 0 Å². The Morgan fingerprint density at radius 2 is 1.85 bits per heavy atom. The van der Waals surface area contributed by atoms with E-state index in [1.165, 1.54) is 0 Å². The summed E-state index contributed by atoms with van der Waals surface area (Å²) in [5.74, 6) is 0. The average molecular weight is 184 g/mol. The summed E-state index contributed by atoms with van der Waals surface area (Å²) in [6, 6.07) is 2.24. The molecule has 0 spiro atoms. The normalized spacial score (nSPS) is 12.6. The molecule has 0 fully saturated rings. The second-order valence-electron chi connectivity index (χ2n) is 4.71. The first-order chi connectivity index (χ1) is 5.83. The van der Waals surface area contributed by atoms with Crippen molar-refractivity contribution in [2.75, 3.05) is 13.2 Å². The van der Waals surface area contributed by atoms with Gasteiger partial charge in [-0.2, -0.15) is 5.26 Å². The van der Waals surface area contributed by atoms with Gasteiger partial charge >= 0.3 is 0 Å². The summed E-state index contributed by atoms with van der Waals surface area (Å²) in [7, 11) is 0. The van der Waals surface area contributed by atoms with Crippen LogP contribution >= 0.6 is 0 Å². The maximum absolute atomic E-state index is 8.95. The molecule has 0 heterocycles. The van der Waals surface area contributed by atoms with Gasteiger partial charge in [-0.1, -0.05) is 0 Å². The zero-order chi connectivity index (χ0) is 10.5. The molecule has 0 atom stereocenters. The summed E-state index contributed by atoms with van der Waals surface area (Å²) >= 11 is 0. The predicted octanol–water partition coefficient (Wildman–Crippen LogP) is 1.29. The van der Waals surface area contributed by atoms with Gasteiger partial charge in [-0.05, 0) is 40.7 Å². The van der Waals surface area contributed by atoms with Crippen LogP contribution in [0.4, 0.5) is 0 Å². The fourth-order valence-electron chi connectivity index (χ4n) is 0.825. The molecule has 0 unspecified atom stereocenters. The molecule has 0 aromatic rings. The van der Waals surface area contributed by atoms with Crippen molar-refractivity contribution in [2.24, 2.45) is 5.41 Å². The van der Waals surface area contributed by atoms with E-state index in [4.69, 9.17) is 10.4 Å². The van der Waals surface area contributed by atoms with Crippen LogP contribution in [0.5, 0.6) is 0 Å². The molecule has 0 aliphatic rings. The van der Waals surface area contributed by atoms with Crippen molar-refractivity contribution >= 4 is 0 Å². The Hall–Kier alpha value is -0.590. The van der Waals surface area contributed by atoms with E-state index in [9.17, 15) is 0 Å². The van der Waals surface area contributed by atoms with Gasteiger partial charge in [0.15, 0.2) is 0 Å². The maximum atomic E-state index is 8.95. The summed E-state index contributed by atoms with van der Waals surface area (Å²) < 4.78 is 0. The minimum atomic E-state index is -0.279. The molecule has 0 bridgehead atoms. The van der Waals surface area contributed by atoms with Crippen LogP contribution in [0.2, 0.25) is 0 Å². The monoisotopic (exact) mass is 184 g/mol. The van der Waals surface area contributed by atoms with Crippen molar-refractivity contribution in [1.82, 2.24) is 5.32 Å². The Morgan fingerprint density at radius 3 is 2.23 bits per heavy atom. The molecular weight excluding hydrogens is 164 g/mol. The lowest BCUT2D eigenvalue weighted by Gasteiger charge is -2.25. The van der Waals surface area contributed by atoms with Gasteiger partial charge in [-0.15, -0.1) is 0 Å². The zero-order valence-electron chi connectivity index (χ0n) is 9.02. The minimum Gasteiger partial charge on any atom is -0.394 e. The van der Waals surface area contributed by atoms with Gasteiger partial charge < -0.3 is 10.4 Å². The first-order valence-electron chi connectivity index (χ1n) is 4.60. The van der Waals surface area contributed by atoms with E-state index in [2.05, 4.69) is 11.4 Å². The van der Waals surface area contributed by atoms with Gasteiger partial charge in [-0.3, -0.25) is 0 Å². The number of aliphatic hydroxyl groups excluding tert-OH is 1. The fourth-order valence-corrected chi connectivity index (χ4v) is 0.825. The molecule has 76 valence electrons. The average Bonchev–Trinajstić information content (AvgIpc) is 2.04. The quantitative estimate of drug-likeness (QED) is 0.677. The molecule has 0 aliphatic heterocycles. The van der Waals surface area contributed by atoms with E-state index in [1.807, 2.05) is 27.7 Å². The molecule has 0 aliphatic carbocycles. The third kappa shape index (κ3) is 5.62. The SMILES string of the molecule is CC(C)(C#N)CCNC(C)(C)CO. The van der Waals surface area contributed by atoms with E-state index in [0.29, 0.717) is 0 Å². The summed E-state index contributed by atoms with van der Waals surface area (Å²) in [6.07, 6.45) is 0.799. The van der Waals surface area contributed by atoms with Gasteiger partial charge in [0, 0.05) is 5.54 Å². The van der Waals surface area contributed by atoms with Crippen molar-refractivity contribution in [3.05, 3.63) is 0 Å². The summed E-state index contributed by atoms with van der Waals surface area (Å²) in [5.41, 5.74) is -0.524. The van der Waals surface area contributed by atoms with Gasteiger partial charge in [-0.25, -0.2) is 0 Å². The first kappa shape index (κ1) is 12.4. The highest BCUT2D eigenvalue weighted by atomic mass is 16.3. The molecule has 0 aromatic heterocycles. The largest absolute Gasteiger partial charge is 0.394 e. The van der Waals surface area contributed by atoms with Crippen molar-refractivity contribution < 1.29 is 5.11 Å². The van der Waals surface area contributed by atoms with Gasteiger partial charge in [0.1, 0.15) is 0 Å². The van der Waals surface area contributed by atoms with Crippen LogP contribution in [-0.2, 0) is 0 Å². The first-order valence-corrected chi connectivity index (χ1v) is 4.60. The van der Waals surface area contributed by atoms with E-state index in [0.717, 1.165) is 13.0 Å². The Kier molecular flexibility index (Phi) is 4.38. The molecule has 2 N–H and O–H groups in total. The van der Waals surface area contributed by atoms with Crippen molar-refractivity contribution in [2.45, 2.75) is 39.7 Å². The molecular formula is C10H20N2O. The molecule has 3 heteroatoms. The second kappa shape index (κ2) is 4.59. The fraction of sp³-hybridized carbons (Fsp3) is 0.900. The zero-order valence-corrected chi connectivity index (χ0v) is 9.02. The molecule has 0 rings (SSSR count). The van der Waals surface area contributed by atoms with Gasteiger partial charge in [0.25, 0.3) is 0 Å². The van der Waals surface area contributed by atoms with Crippen LogP contribution in [0, 0.1) is 16.7 Å². The Bertz CT molecular complexity index is 192. The lowest BCUT2D eigenvalue weighted by atomic mass is 9.91. The Labute approximate surface area is 80.8 Å². The number of hydrogen-bond acceptors (Lipinski definition) is 3. The lowest BCUT2D eigenvalue weighted by Crippen LogP contribution is -2.43. The van der Waals surface area contributed by atoms with Gasteiger partial charge in [0.2, 0.25) is 0 Å². The highest BCUT2D eigenvalue weighted by Crippen LogP contribution is 2.17. The third-order valence-corrected chi connectivity index (χ3v) is 2.05. The number of hydrogen-bond donors (Lipinski definition) is 2. The molecule has 0 aromatic carbocycles. The van der Waals surface area contributed by atoms with Crippen molar-refractivity contribution in [3.8, 4) is 6.07 Å². The highest BCUT2D eigenvalue weighted by Gasteiger charge is 2.19. The Balaban J connectivity index is 3.76. The number of aliphatic hydroxyl groups is 1. The molecule has 0 radical (unpaired) electrons.